The fourth-order valence-corrected chi connectivity index (χ4v) is 7.33. The molecule has 0 bridgehead atoms. The Labute approximate surface area is 210 Å². The van der Waals surface area contributed by atoms with Gasteiger partial charge in [-0.3, -0.25) is 9.59 Å². The lowest BCUT2D eigenvalue weighted by Crippen LogP contribution is -2.42. The molecule has 3 aliphatic rings. The number of fused-ring (bicyclic) bond motifs is 1. The second kappa shape index (κ2) is 7.76. The van der Waals surface area contributed by atoms with E-state index in [1.165, 1.54) is 5.56 Å². The molecule has 3 heterocycles. The third-order valence-corrected chi connectivity index (χ3v) is 9.22. The molecule has 3 N–H and O–H groups in total. The summed E-state index contributed by atoms with van der Waals surface area (Å²) in [5.74, 6) is 0.0269. The number of nitrogens with zero attached hydrogens (tertiary/aromatic N) is 2. The van der Waals surface area contributed by atoms with Gasteiger partial charge in [-0.1, -0.05) is 36.6 Å². The van der Waals surface area contributed by atoms with E-state index in [0.717, 1.165) is 42.1 Å². The molecule has 35 heavy (non-hydrogen) atoms. The summed E-state index contributed by atoms with van der Waals surface area (Å²) >= 11 is 6.38. The zero-order chi connectivity index (χ0) is 24.5. The highest BCUT2D eigenvalue weighted by Gasteiger charge is 2.64. The Morgan fingerprint density at radius 2 is 1.49 bits per heavy atom. The molecule has 3 aromatic rings. The number of carbonyl (C=O) groups excluding carboxylic acids is 2. The van der Waals surface area contributed by atoms with E-state index in [0.29, 0.717) is 48.1 Å². The lowest BCUT2D eigenvalue weighted by atomic mass is 9.60. The minimum absolute atomic E-state index is 0.0375. The highest BCUT2D eigenvalue weighted by Crippen LogP contribution is 2.60. The van der Waals surface area contributed by atoms with Gasteiger partial charge in [-0.25, -0.2) is 0 Å². The van der Waals surface area contributed by atoms with Gasteiger partial charge in [0, 0.05) is 53.6 Å². The monoisotopic (exact) mass is 490 g/mol. The van der Waals surface area contributed by atoms with Crippen LogP contribution in [0.4, 0.5) is 5.69 Å². The van der Waals surface area contributed by atoms with Crippen LogP contribution < -0.4 is 5.73 Å². The Balaban J connectivity index is 1.29. The Morgan fingerprint density at radius 3 is 2.09 bits per heavy atom. The van der Waals surface area contributed by atoms with Crippen molar-refractivity contribution >= 4 is 40.0 Å². The molecular weight excluding hydrogens is 460 g/mol. The van der Waals surface area contributed by atoms with Crippen LogP contribution in [0.25, 0.3) is 10.9 Å². The van der Waals surface area contributed by atoms with Crippen LogP contribution in [-0.4, -0.2) is 52.8 Å². The maximum Gasteiger partial charge on any atom is 0.270 e. The number of carbonyl (C=O) groups is 2. The van der Waals surface area contributed by atoms with Gasteiger partial charge >= 0.3 is 0 Å². The second-order valence-electron chi connectivity index (χ2n) is 11.0. The lowest BCUT2D eigenvalue weighted by molar-refractivity contribution is 0.0706. The molecule has 2 saturated heterocycles. The number of nitrogen functional groups attached to an aromatic ring is 1. The molecular formula is C28H31ClN4O2. The first-order valence-corrected chi connectivity index (χ1v) is 12.8. The molecule has 1 aliphatic carbocycles. The molecule has 182 valence electrons. The van der Waals surface area contributed by atoms with E-state index in [-0.39, 0.29) is 22.6 Å². The topological polar surface area (TPSA) is 82.4 Å². The van der Waals surface area contributed by atoms with Crippen molar-refractivity contribution in [3.05, 3.63) is 63.8 Å². The van der Waals surface area contributed by atoms with Gasteiger partial charge in [0.15, 0.2) is 0 Å². The molecule has 2 unspecified atom stereocenters. The maximum atomic E-state index is 13.7. The van der Waals surface area contributed by atoms with E-state index in [2.05, 4.69) is 31.0 Å². The van der Waals surface area contributed by atoms with Gasteiger partial charge in [0.1, 0.15) is 5.69 Å². The van der Waals surface area contributed by atoms with Crippen LogP contribution in [0.15, 0.2) is 36.4 Å². The van der Waals surface area contributed by atoms with Gasteiger partial charge in [-0.15, -0.1) is 0 Å². The Hall–Kier alpha value is -2.99. The van der Waals surface area contributed by atoms with Crippen LogP contribution in [0, 0.1) is 24.7 Å². The zero-order valence-corrected chi connectivity index (χ0v) is 21.0. The molecule has 3 fully saturated rings. The molecule has 6 nitrogen and oxygen atoms in total. The van der Waals surface area contributed by atoms with Crippen molar-refractivity contribution in [1.29, 1.82) is 0 Å². The zero-order valence-electron chi connectivity index (χ0n) is 20.3. The fraction of sp³-hybridized carbons (Fsp3) is 0.429. The summed E-state index contributed by atoms with van der Waals surface area (Å²) in [4.78, 5) is 34.6. The number of rotatable bonds is 2. The van der Waals surface area contributed by atoms with E-state index >= 15 is 0 Å². The summed E-state index contributed by atoms with van der Waals surface area (Å²) in [7, 11) is 0. The van der Waals surface area contributed by atoms with Crippen molar-refractivity contribution in [2.45, 2.75) is 39.5 Å². The molecule has 2 amide bonds. The molecule has 1 aromatic heterocycles. The summed E-state index contributed by atoms with van der Waals surface area (Å²) in [5.41, 5.74) is 10.8. The summed E-state index contributed by atoms with van der Waals surface area (Å²) in [6.07, 6.45) is 4.36. The van der Waals surface area contributed by atoms with Crippen LogP contribution in [0.1, 0.15) is 57.7 Å². The van der Waals surface area contributed by atoms with Gasteiger partial charge < -0.3 is 20.5 Å². The summed E-state index contributed by atoms with van der Waals surface area (Å²) in [6.45, 7) is 6.87. The van der Waals surface area contributed by atoms with Crippen molar-refractivity contribution in [1.82, 2.24) is 14.8 Å². The number of aromatic nitrogens is 1. The summed E-state index contributed by atoms with van der Waals surface area (Å²) in [5, 5.41) is 1.50. The third-order valence-electron chi connectivity index (χ3n) is 8.91. The smallest absolute Gasteiger partial charge is 0.270 e. The quantitative estimate of drug-likeness (QED) is 0.485. The molecule has 7 heteroatoms. The van der Waals surface area contributed by atoms with Crippen LogP contribution in [0.5, 0.6) is 0 Å². The van der Waals surface area contributed by atoms with Crippen LogP contribution in [0.3, 0.4) is 0 Å². The SMILES string of the molecule is Cc1ccc(C)c2[nH]c(C(=O)N3CC45CCCCC4(C3)CN(C(=O)c3ccc(N)cc3Cl)C5)cc12. The van der Waals surface area contributed by atoms with E-state index in [9.17, 15) is 9.59 Å². The number of likely N-dealkylation sites (tertiary alicyclic amines) is 2. The average Bonchev–Trinajstić information content (AvgIpc) is 3.50. The molecule has 0 spiro atoms. The number of halogens is 1. The molecule has 6 rings (SSSR count). The van der Waals surface area contributed by atoms with Crippen LogP contribution in [0.2, 0.25) is 5.02 Å². The van der Waals surface area contributed by atoms with Crippen molar-refractivity contribution in [2.24, 2.45) is 10.8 Å². The Bertz CT molecular complexity index is 1320. The normalized spacial score (nSPS) is 25.7. The second-order valence-corrected chi connectivity index (χ2v) is 11.4. The van der Waals surface area contributed by atoms with E-state index < -0.39 is 0 Å². The Kier molecular flexibility index (Phi) is 4.98. The lowest BCUT2D eigenvalue weighted by Gasteiger charge is -2.41. The highest BCUT2D eigenvalue weighted by molar-refractivity contribution is 6.34. The van der Waals surface area contributed by atoms with Gasteiger partial charge in [0.05, 0.1) is 10.6 Å². The third kappa shape index (κ3) is 3.29. The largest absolute Gasteiger partial charge is 0.399 e. The molecule has 2 atom stereocenters. The van der Waals surface area contributed by atoms with Gasteiger partial charge in [0.2, 0.25) is 0 Å². The van der Waals surface area contributed by atoms with Crippen LogP contribution in [-0.2, 0) is 0 Å². The molecule has 2 aliphatic heterocycles. The number of hydrogen-bond donors (Lipinski definition) is 2. The van der Waals surface area contributed by atoms with E-state index in [1.807, 2.05) is 15.9 Å². The number of nitrogens with two attached hydrogens (primary N) is 1. The van der Waals surface area contributed by atoms with Crippen molar-refractivity contribution in [3.8, 4) is 0 Å². The summed E-state index contributed by atoms with van der Waals surface area (Å²) in [6, 6.07) is 11.3. The minimum atomic E-state index is -0.0608. The standard InChI is InChI=1S/C28H31ClN4O2/c1-17-5-6-18(2)24-21(17)12-23(31-24)26(35)33-15-27-9-3-4-10-28(27,16-33)14-32(13-27)25(34)20-8-7-19(30)11-22(20)29/h5-8,11-12,31H,3-4,9-10,13-16,30H2,1-2H3. The number of aryl methyl sites for hydroxylation is 2. The Morgan fingerprint density at radius 1 is 0.886 bits per heavy atom. The first-order valence-electron chi connectivity index (χ1n) is 12.4. The first kappa shape index (κ1) is 22.5. The van der Waals surface area contributed by atoms with Crippen molar-refractivity contribution in [3.63, 3.8) is 0 Å². The predicted octanol–water partition coefficient (Wildman–Crippen LogP) is 5.18. The number of amides is 2. The number of anilines is 1. The fourth-order valence-electron chi connectivity index (χ4n) is 7.06. The van der Waals surface area contributed by atoms with Crippen molar-refractivity contribution in [2.75, 3.05) is 31.9 Å². The number of H-pyrrole nitrogens is 1. The predicted molar refractivity (Wildman–Crippen MR) is 139 cm³/mol. The van der Waals surface area contributed by atoms with E-state index in [1.54, 1.807) is 18.2 Å². The minimum Gasteiger partial charge on any atom is -0.399 e. The number of aromatic amines is 1. The highest BCUT2D eigenvalue weighted by atomic mass is 35.5. The first-order chi connectivity index (χ1) is 16.7. The van der Waals surface area contributed by atoms with Gasteiger partial charge in [-0.2, -0.15) is 0 Å². The van der Waals surface area contributed by atoms with Gasteiger partial charge in [-0.05, 0) is 62.1 Å². The van der Waals surface area contributed by atoms with Crippen molar-refractivity contribution < 1.29 is 9.59 Å². The molecule has 1 saturated carbocycles. The number of nitrogens with one attached hydrogen (secondary N) is 1. The maximum absolute atomic E-state index is 13.7. The average molecular weight is 491 g/mol. The number of hydrogen-bond acceptors (Lipinski definition) is 3. The van der Waals surface area contributed by atoms with E-state index in [4.69, 9.17) is 17.3 Å². The molecule has 0 radical (unpaired) electrons. The number of benzene rings is 2. The summed E-state index contributed by atoms with van der Waals surface area (Å²) < 4.78 is 0. The van der Waals surface area contributed by atoms with Gasteiger partial charge in [0.25, 0.3) is 11.8 Å². The molecule has 2 aromatic carbocycles. The van der Waals surface area contributed by atoms with Crippen LogP contribution >= 0.6 is 11.6 Å².